The number of hydrogen-bond acceptors (Lipinski definition) is 6. The highest BCUT2D eigenvalue weighted by Crippen LogP contribution is 2.23. The molecule has 0 saturated carbocycles. The van der Waals surface area contributed by atoms with Crippen molar-refractivity contribution >= 4 is 35.0 Å². The molecular formula is C19H23FN4O3S. The topological polar surface area (TPSA) is 94.4 Å². The molecule has 2 aliphatic heterocycles. The quantitative estimate of drug-likeness (QED) is 0.559. The van der Waals surface area contributed by atoms with Gasteiger partial charge in [0.25, 0.3) is 0 Å². The number of carboxylic acid groups (broad SMARTS) is 1. The van der Waals surface area contributed by atoms with E-state index in [0.717, 1.165) is 31.1 Å². The van der Waals surface area contributed by atoms with Gasteiger partial charge in [0.05, 0.1) is 12.6 Å². The number of carbonyl (C=O) groups excluding carboxylic acids is 1. The number of piperidine rings is 1. The zero-order chi connectivity index (χ0) is 20.1. The van der Waals surface area contributed by atoms with Gasteiger partial charge in [-0.3, -0.25) is 14.5 Å². The van der Waals surface area contributed by atoms with Crippen LogP contribution >= 0.6 is 11.8 Å². The number of hydrogen-bond donors (Lipinski definition) is 2. The SMILES string of the molecule is CC1CCCCN1Cc1ccc(C=NN=C2NC(=O)C(CC(=O)O)S2)cc1F. The van der Waals surface area contributed by atoms with Gasteiger partial charge >= 0.3 is 5.97 Å². The summed E-state index contributed by atoms with van der Waals surface area (Å²) < 4.78 is 14.4. The number of amides is 1. The number of thioether (sulfide) groups is 1. The van der Waals surface area contributed by atoms with Gasteiger partial charge in [0.15, 0.2) is 5.17 Å². The molecule has 0 spiro atoms. The van der Waals surface area contributed by atoms with E-state index in [2.05, 4.69) is 27.3 Å². The van der Waals surface area contributed by atoms with Crippen molar-refractivity contribution < 1.29 is 19.1 Å². The molecule has 0 aliphatic carbocycles. The number of amidine groups is 1. The Bertz CT molecular complexity index is 814. The van der Waals surface area contributed by atoms with Crippen LogP contribution < -0.4 is 5.32 Å². The van der Waals surface area contributed by atoms with Crippen LogP contribution in [0.15, 0.2) is 28.4 Å². The number of benzene rings is 1. The van der Waals surface area contributed by atoms with Crippen LogP contribution in [0.25, 0.3) is 0 Å². The largest absolute Gasteiger partial charge is 0.481 e. The lowest BCUT2D eigenvalue weighted by atomic mass is 10.0. The fourth-order valence-electron chi connectivity index (χ4n) is 3.28. The van der Waals surface area contributed by atoms with E-state index in [0.29, 0.717) is 23.7 Å². The van der Waals surface area contributed by atoms with Gasteiger partial charge in [-0.1, -0.05) is 30.3 Å². The van der Waals surface area contributed by atoms with E-state index < -0.39 is 17.1 Å². The molecule has 28 heavy (non-hydrogen) atoms. The predicted octanol–water partition coefficient (Wildman–Crippen LogP) is 2.60. The number of nitrogens with one attached hydrogen (secondary N) is 1. The van der Waals surface area contributed by atoms with Gasteiger partial charge < -0.3 is 10.4 Å². The summed E-state index contributed by atoms with van der Waals surface area (Å²) in [6, 6.07) is 5.43. The van der Waals surface area contributed by atoms with Gasteiger partial charge in [0, 0.05) is 18.2 Å². The maximum atomic E-state index is 14.4. The summed E-state index contributed by atoms with van der Waals surface area (Å²) in [7, 11) is 0. The maximum Gasteiger partial charge on any atom is 0.305 e. The van der Waals surface area contributed by atoms with Crippen LogP contribution in [0.5, 0.6) is 0 Å². The highest BCUT2D eigenvalue weighted by molar-refractivity contribution is 8.15. The molecule has 2 atom stereocenters. The maximum absolute atomic E-state index is 14.4. The zero-order valence-electron chi connectivity index (χ0n) is 15.6. The Morgan fingerprint density at radius 3 is 3.00 bits per heavy atom. The molecule has 2 N–H and O–H groups in total. The van der Waals surface area contributed by atoms with Crippen LogP contribution in [0.3, 0.4) is 0 Å². The Labute approximate surface area is 167 Å². The van der Waals surface area contributed by atoms with Gasteiger partial charge in [0.1, 0.15) is 11.1 Å². The molecule has 0 aromatic heterocycles. The average Bonchev–Trinajstić information content (AvgIpc) is 2.98. The minimum absolute atomic E-state index is 0.240. The molecule has 2 aliphatic rings. The molecule has 2 saturated heterocycles. The summed E-state index contributed by atoms with van der Waals surface area (Å²) in [5.41, 5.74) is 1.22. The van der Waals surface area contributed by atoms with E-state index in [9.17, 15) is 14.0 Å². The molecule has 1 aromatic rings. The molecule has 1 amide bonds. The third-order valence-corrected chi connectivity index (χ3v) is 5.96. The van der Waals surface area contributed by atoms with E-state index in [1.165, 1.54) is 18.7 Å². The Balaban J connectivity index is 1.60. The minimum atomic E-state index is -1.05. The van der Waals surface area contributed by atoms with Gasteiger partial charge in [-0.05, 0) is 37.9 Å². The van der Waals surface area contributed by atoms with E-state index in [4.69, 9.17) is 5.11 Å². The monoisotopic (exact) mass is 406 g/mol. The lowest BCUT2D eigenvalue weighted by molar-refractivity contribution is -0.138. The van der Waals surface area contributed by atoms with Crippen molar-refractivity contribution in [2.45, 2.75) is 50.4 Å². The van der Waals surface area contributed by atoms with Gasteiger partial charge in [0.2, 0.25) is 5.91 Å². The Morgan fingerprint density at radius 2 is 2.29 bits per heavy atom. The van der Waals surface area contributed by atoms with Crippen molar-refractivity contribution in [3.8, 4) is 0 Å². The van der Waals surface area contributed by atoms with Crippen LogP contribution in [0.2, 0.25) is 0 Å². The summed E-state index contributed by atoms with van der Waals surface area (Å²) >= 11 is 1.02. The normalized spacial score (nSPS) is 24.8. The molecule has 150 valence electrons. The molecule has 7 nitrogen and oxygen atoms in total. The van der Waals surface area contributed by atoms with Crippen LogP contribution in [-0.2, 0) is 16.1 Å². The summed E-state index contributed by atoms with van der Waals surface area (Å²) in [6.07, 6.45) is 4.66. The van der Waals surface area contributed by atoms with Gasteiger partial charge in [-0.25, -0.2) is 4.39 Å². The first-order chi connectivity index (χ1) is 13.4. The predicted molar refractivity (Wildman–Crippen MR) is 107 cm³/mol. The molecule has 1 aromatic carbocycles. The van der Waals surface area contributed by atoms with Crippen molar-refractivity contribution in [3.63, 3.8) is 0 Å². The Hall–Kier alpha value is -2.26. The number of rotatable bonds is 6. The van der Waals surface area contributed by atoms with E-state index >= 15 is 0 Å². The standard InChI is InChI=1S/C19H23FN4O3S/c1-12-4-2-3-7-24(12)11-14-6-5-13(8-15(14)20)10-21-23-19-22-18(27)16(28-19)9-17(25)26/h5-6,8,10,12,16H,2-4,7,9,11H2,1H3,(H,25,26)(H,22,23,27). The number of halogens is 1. The van der Waals surface area contributed by atoms with Crippen LogP contribution in [0.4, 0.5) is 4.39 Å². The van der Waals surface area contributed by atoms with Crippen molar-refractivity contribution in [1.29, 1.82) is 0 Å². The third-order valence-electron chi connectivity index (χ3n) is 4.88. The van der Waals surface area contributed by atoms with E-state index in [1.54, 1.807) is 12.1 Å². The number of likely N-dealkylation sites (tertiary alicyclic amines) is 1. The van der Waals surface area contributed by atoms with Crippen LogP contribution in [0, 0.1) is 5.82 Å². The molecule has 9 heteroatoms. The second-order valence-corrected chi connectivity index (χ2v) is 8.20. The third kappa shape index (κ3) is 5.39. The summed E-state index contributed by atoms with van der Waals surface area (Å²) in [6.45, 7) is 3.77. The minimum Gasteiger partial charge on any atom is -0.481 e. The fourth-order valence-corrected chi connectivity index (χ4v) is 4.19. The number of aliphatic carboxylic acids is 1. The van der Waals surface area contributed by atoms with E-state index in [1.807, 2.05) is 0 Å². The van der Waals surface area contributed by atoms with Crippen molar-refractivity contribution in [2.24, 2.45) is 10.2 Å². The van der Waals surface area contributed by atoms with Crippen LogP contribution in [-0.4, -0.2) is 51.1 Å². The van der Waals surface area contributed by atoms with Crippen LogP contribution in [0.1, 0.15) is 43.7 Å². The highest BCUT2D eigenvalue weighted by atomic mass is 32.2. The lowest BCUT2D eigenvalue weighted by Gasteiger charge is -2.33. The summed E-state index contributed by atoms with van der Waals surface area (Å²) in [4.78, 5) is 24.6. The smallest absolute Gasteiger partial charge is 0.305 e. The molecule has 2 fully saturated rings. The number of carboxylic acids is 1. The van der Waals surface area contributed by atoms with E-state index in [-0.39, 0.29) is 17.4 Å². The Morgan fingerprint density at radius 1 is 1.46 bits per heavy atom. The average molecular weight is 406 g/mol. The molecule has 0 bridgehead atoms. The molecule has 2 unspecified atom stereocenters. The van der Waals surface area contributed by atoms with Gasteiger partial charge in [-0.2, -0.15) is 5.10 Å². The highest BCUT2D eigenvalue weighted by Gasteiger charge is 2.32. The first kappa shape index (κ1) is 20.5. The second-order valence-electron chi connectivity index (χ2n) is 7.01. The molecule has 2 heterocycles. The first-order valence-corrected chi connectivity index (χ1v) is 10.1. The molecule has 0 radical (unpaired) electrons. The Kier molecular flexibility index (Phi) is 6.79. The number of carbonyl (C=O) groups is 2. The van der Waals surface area contributed by atoms with Crippen molar-refractivity contribution in [2.75, 3.05) is 6.54 Å². The molecular weight excluding hydrogens is 383 g/mol. The second kappa shape index (κ2) is 9.29. The first-order valence-electron chi connectivity index (χ1n) is 9.25. The summed E-state index contributed by atoms with van der Waals surface area (Å²) in [5.74, 6) is -1.73. The zero-order valence-corrected chi connectivity index (χ0v) is 16.4. The molecule has 3 rings (SSSR count). The van der Waals surface area contributed by atoms with Gasteiger partial charge in [-0.15, -0.1) is 5.10 Å². The lowest BCUT2D eigenvalue weighted by Crippen LogP contribution is -2.36. The van der Waals surface area contributed by atoms with Crippen molar-refractivity contribution in [1.82, 2.24) is 10.2 Å². The summed E-state index contributed by atoms with van der Waals surface area (Å²) in [5, 5.41) is 18.5. The number of nitrogens with zero attached hydrogens (tertiary/aromatic N) is 3. The fraction of sp³-hybridized carbons (Fsp3) is 0.474. The van der Waals surface area contributed by atoms with Crippen molar-refractivity contribution in [3.05, 3.63) is 35.1 Å².